The predicted molar refractivity (Wildman–Crippen MR) is 71.7 cm³/mol. The fraction of sp³-hybridized carbons (Fsp3) is 0.357. The van der Waals surface area contributed by atoms with Gasteiger partial charge in [0.1, 0.15) is 5.82 Å². The zero-order chi connectivity index (χ0) is 14.0. The monoisotopic (exact) mass is 265 g/mol. The second-order valence-corrected chi connectivity index (χ2v) is 4.88. The molecule has 1 aromatic carbocycles. The Hall–Kier alpha value is -1.59. The van der Waals surface area contributed by atoms with Crippen LogP contribution in [0.2, 0.25) is 0 Å². The molecule has 5 heteroatoms. The first kappa shape index (κ1) is 13.8. The first-order chi connectivity index (χ1) is 8.94. The van der Waals surface area contributed by atoms with Gasteiger partial charge in [-0.15, -0.1) is 0 Å². The molecule has 2 unspecified atom stereocenters. The molecule has 0 aliphatic carbocycles. The highest BCUT2D eigenvalue weighted by atomic mass is 19.1. The third kappa shape index (κ3) is 2.57. The van der Waals surface area contributed by atoms with Gasteiger partial charge in [0.05, 0.1) is 5.54 Å². The van der Waals surface area contributed by atoms with Crippen molar-refractivity contribution in [1.29, 1.82) is 0 Å². The SMILES string of the molecule is C[C@H](N)C(N)(c1ccc(F)cc1)C1C=NC(F)=CC1. The van der Waals surface area contributed by atoms with E-state index in [0.717, 1.165) is 5.56 Å². The first-order valence-electron chi connectivity index (χ1n) is 6.15. The zero-order valence-electron chi connectivity index (χ0n) is 10.7. The molecule has 19 heavy (non-hydrogen) atoms. The van der Waals surface area contributed by atoms with Crippen LogP contribution in [-0.4, -0.2) is 12.3 Å². The van der Waals surface area contributed by atoms with E-state index < -0.39 is 11.5 Å². The van der Waals surface area contributed by atoms with Gasteiger partial charge in [-0.3, -0.25) is 0 Å². The van der Waals surface area contributed by atoms with Crippen molar-refractivity contribution >= 4 is 6.21 Å². The van der Waals surface area contributed by atoms with Gasteiger partial charge in [0, 0.05) is 18.2 Å². The number of aliphatic imine (C=N–C) groups is 1. The van der Waals surface area contributed by atoms with Crippen molar-refractivity contribution in [2.45, 2.75) is 24.9 Å². The Kier molecular flexibility index (Phi) is 3.78. The molecule has 2 rings (SSSR count). The van der Waals surface area contributed by atoms with Gasteiger partial charge in [-0.2, -0.15) is 4.39 Å². The number of rotatable bonds is 3. The van der Waals surface area contributed by atoms with E-state index in [9.17, 15) is 8.78 Å². The summed E-state index contributed by atoms with van der Waals surface area (Å²) in [7, 11) is 0. The quantitative estimate of drug-likeness (QED) is 0.823. The third-order valence-electron chi connectivity index (χ3n) is 3.63. The molecule has 0 saturated carbocycles. The van der Waals surface area contributed by atoms with Crippen molar-refractivity contribution < 1.29 is 8.78 Å². The number of nitrogens with zero attached hydrogens (tertiary/aromatic N) is 1. The van der Waals surface area contributed by atoms with Gasteiger partial charge in [0.25, 0.3) is 0 Å². The van der Waals surface area contributed by atoms with E-state index >= 15 is 0 Å². The molecular formula is C14H17F2N3. The highest BCUT2D eigenvalue weighted by Gasteiger charge is 2.39. The minimum atomic E-state index is -0.908. The van der Waals surface area contributed by atoms with Crippen LogP contribution >= 0.6 is 0 Å². The van der Waals surface area contributed by atoms with Crippen LogP contribution in [0.25, 0.3) is 0 Å². The Morgan fingerprint density at radius 1 is 1.32 bits per heavy atom. The van der Waals surface area contributed by atoms with Crippen molar-refractivity contribution in [3.63, 3.8) is 0 Å². The molecule has 0 saturated heterocycles. The normalized spacial score (nSPS) is 23.6. The lowest BCUT2D eigenvalue weighted by Gasteiger charge is -2.39. The smallest absolute Gasteiger partial charge is 0.208 e. The molecule has 4 N–H and O–H groups in total. The number of benzene rings is 1. The van der Waals surface area contributed by atoms with Gasteiger partial charge in [0.15, 0.2) is 0 Å². The van der Waals surface area contributed by atoms with Gasteiger partial charge < -0.3 is 11.5 Å². The zero-order valence-corrected chi connectivity index (χ0v) is 10.7. The fourth-order valence-electron chi connectivity index (χ4n) is 2.37. The number of allylic oxidation sites excluding steroid dienone is 1. The van der Waals surface area contributed by atoms with Crippen molar-refractivity contribution in [1.82, 2.24) is 0 Å². The summed E-state index contributed by atoms with van der Waals surface area (Å²) in [4.78, 5) is 3.66. The molecule has 3 nitrogen and oxygen atoms in total. The van der Waals surface area contributed by atoms with Gasteiger partial charge in [-0.05, 0) is 37.1 Å². The van der Waals surface area contributed by atoms with E-state index in [1.54, 1.807) is 19.1 Å². The van der Waals surface area contributed by atoms with E-state index in [4.69, 9.17) is 11.5 Å². The average molecular weight is 265 g/mol. The standard InChI is InChI=1S/C14H17F2N3/c1-9(17)14(18,10-2-5-12(15)6-3-10)11-4-7-13(16)19-8-11/h2-3,5-9,11H,4,17-18H2,1H3/t9-,11?,14?/m0/s1. The lowest BCUT2D eigenvalue weighted by Crippen LogP contribution is -2.56. The summed E-state index contributed by atoms with van der Waals surface area (Å²) in [5, 5.41) is 0. The molecular weight excluding hydrogens is 248 g/mol. The van der Waals surface area contributed by atoms with Crippen LogP contribution in [0.5, 0.6) is 0 Å². The van der Waals surface area contributed by atoms with Crippen LogP contribution < -0.4 is 11.5 Å². The fourth-order valence-corrected chi connectivity index (χ4v) is 2.37. The maximum atomic E-state index is 13.0. The van der Waals surface area contributed by atoms with Crippen LogP contribution in [-0.2, 0) is 5.54 Å². The van der Waals surface area contributed by atoms with Crippen molar-refractivity contribution in [3.8, 4) is 0 Å². The Bertz CT molecular complexity index is 508. The Morgan fingerprint density at radius 2 is 1.95 bits per heavy atom. The molecule has 1 aliphatic heterocycles. The lowest BCUT2D eigenvalue weighted by atomic mass is 9.73. The molecule has 102 valence electrons. The number of nitrogens with two attached hydrogens (primary N) is 2. The van der Waals surface area contributed by atoms with Crippen LogP contribution in [0, 0.1) is 11.7 Å². The summed E-state index contributed by atoms with van der Waals surface area (Å²) >= 11 is 0. The molecule has 3 atom stereocenters. The van der Waals surface area contributed by atoms with E-state index in [2.05, 4.69) is 4.99 Å². The molecule has 0 spiro atoms. The second-order valence-electron chi connectivity index (χ2n) is 4.88. The minimum Gasteiger partial charge on any atom is -0.326 e. The van der Waals surface area contributed by atoms with E-state index in [-0.39, 0.29) is 17.8 Å². The minimum absolute atomic E-state index is 0.225. The molecule has 1 aromatic rings. The van der Waals surface area contributed by atoms with Gasteiger partial charge in [-0.25, -0.2) is 9.38 Å². The van der Waals surface area contributed by atoms with E-state index in [0.29, 0.717) is 6.42 Å². The topological polar surface area (TPSA) is 64.4 Å². The molecule has 0 aromatic heterocycles. The molecule has 0 fully saturated rings. The summed E-state index contributed by atoms with van der Waals surface area (Å²) in [5.74, 6) is -1.07. The van der Waals surface area contributed by atoms with E-state index in [1.165, 1.54) is 24.4 Å². The summed E-state index contributed by atoms with van der Waals surface area (Å²) < 4.78 is 26.0. The van der Waals surface area contributed by atoms with Crippen molar-refractivity contribution in [2.75, 3.05) is 0 Å². The summed E-state index contributed by atoms with van der Waals surface area (Å²) in [5.41, 5.74) is 12.3. The van der Waals surface area contributed by atoms with Gasteiger partial charge >= 0.3 is 0 Å². The molecule has 1 aliphatic rings. The largest absolute Gasteiger partial charge is 0.326 e. The van der Waals surface area contributed by atoms with Gasteiger partial charge in [0.2, 0.25) is 5.95 Å². The van der Waals surface area contributed by atoms with Crippen LogP contribution in [0.4, 0.5) is 8.78 Å². The number of halogens is 2. The second kappa shape index (κ2) is 5.19. The van der Waals surface area contributed by atoms with Crippen LogP contribution in [0.1, 0.15) is 18.9 Å². The van der Waals surface area contributed by atoms with Gasteiger partial charge in [-0.1, -0.05) is 12.1 Å². The lowest BCUT2D eigenvalue weighted by molar-refractivity contribution is 0.294. The predicted octanol–water partition coefficient (Wildman–Crippen LogP) is 2.23. The molecule has 0 radical (unpaired) electrons. The average Bonchev–Trinajstić information content (AvgIpc) is 2.39. The summed E-state index contributed by atoms with van der Waals surface area (Å²) in [6.45, 7) is 1.78. The molecule has 0 bridgehead atoms. The maximum Gasteiger partial charge on any atom is 0.208 e. The van der Waals surface area contributed by atoms with Crippen molar-refractivity contribution in [2.24, 2.45) is 22.4 Å². The first-order valence-corrected chi connectivity index (χ1v) is 6.15. The van der Waals surface area contributed by atoms with Crippen molar-refractivity contribution in [3.05, 3.63) is 47.7 Å². The van der Waals surface area contributed by atoms with Crippen LogP contribution in [0.15, 0.2) is 41.3 Å². The summed E-state index contributed by atoms with van der Waals surface area (Å²) in [6.07, 6.45) is 3.30. The third-order valence-corrected chi connectivity index (χ3v) is 3.63. The highest BCUT2D eigenvalue weighted by molar-refractivity contribution is 5.67. The Balaban J connectivity index is 2.38. The number of hydrogen-bond donors (Lipinski definition) is 2. The molecule has 0 amide bonds. The highest BCUT2D eigenvalue weighted by Crippen LogP contribution is 2.33. The maximum absolute atomic E-state index is 13.0. The Labute approximate surface area is 111 Å². The molecule has 1 heterocycles. The Morgan fingerprint density at radius 3 is 2.42 bits per heavy atom. The van der Waals surface area contributed by atoms with E-state index in [1.807, 2.05) is 0 Å². The number of hydrogen-bond acceptors (Lipinski definition) is 3. The summed E-state index contributed by atoms with van der Waals surface area (Å²) in [6, 6.07) is 5.53. The van der Waals surface area contributed by atoms with Crippen LogP contribution in [0.3, 0.4) is 0 Å².